The average molecular weight is 765 g/mol. The highest BCUT2D eigenvalue weighted by atomic mass is 31.2. The van der Waals surface area contributed by atoms with Crippen molar-refractivity contribution in [2.45, 2.75) is 193 Å². The quantitative estimate of drug-likeness (QED) is 0.0278. The highest BCUT2D eigenvalue weighted by Crippen LogP contribution is 2.43. The number of carbonyl (C=O) groups is 1. The van der Waals surface area contributed by atoms with E-state index in [1.807, 2.05) is 6.08 Å². The number of phosphoric acid groups is 1. The molecule has 3 atom stereocenters. The topological polar surface area (TPSA) is 131 Å². The average Bonchev–Trinajstić information content (AvgIpc) is 3.14. The van der Waals surface area contributed by atoms with Crippen LogP contribution in [0.4, 0.5) is 0 Å². The molecule has 53 heavy (non-hydrogen) atoms. The molecule has 0 heterocycles. The molecule has 9 heteroatoms. The number of hydrogen-bond acceptors (Lipinski definition) is 6. The third-order valence-electron chi connectivity index (χ3n) is 9.02. The highest BCUT2D eigenvalue weighted by Gasteiger charge is 2.26. The van der Waals surface area contributed by atoms with Gasteiger partial charge in [-0.1, -0.05) is 164 Å². The van der Waals surface area contributed by atoms with Gasteiger partial charge in [-0.3, -0.25) is 13.8 Å². The Hall–Kier alpha value is -1.80. The summed E-state index contributed by atoms with van der Waals surface area (Å²) >= 11 is 0. The van der Waals surface area contributed by atoms with Crippen LogP contribution in [-0.4, -0.2) is 47.8 Å². The molecule has 0 saturated heterocycles. The number of rotatable bonds is 39. The van der Waals surface area contributed by atoms with Crippen LogP contribution in [0.25, 0.3) is 0 Å². The van der Waals surface area contributed by atoms with Gasteiger partial charge in [0.2, 0.25) is 5.91 Å². The van der Waals surface area contributed by atoms with Crippen molar-refractivity contribution in [3.05, 3.63) is 60.8 Å². The first kappa shape index (κ1) is 51.2. The maximum absolute atomic E-state index is 12.7. The number of carbonyl (C=O) groups excluding carboxylic acids is 1. The van der Waals surface area contributed by atoms with Gasteiger partial charge in [0.1, 0.15) is 0 Å². The Bertz CT molecular complexity index is 1010. The Morgan fingerprint density at radius 2 is 1.09 bits per heavy atom. The summed E-state index contributed by atoms with van der Waals surface area (Å²) in [6.07, 6.45) is 50.0. The van der Waals surface area contributed by atoms with Crippen molar-refractivity contribution in [2.75, 3.05) is 19.8 Å². The Balaban J connectivity index is 4.14. The molecule has 5 N–H and O–H groups in total. The smallest absolute Gasteiger partial charge is 0.387 e. The molecule has 0 aliphatic heterocycles. The molecule has 3 unspecified atom stereocenters. The molecule has 0 aromatic rings. The number of unbranched alkanes of at least 4 members (excludes halogenated alkanes) is 19. The van der Waals surface area contributed by atoms with Gasteiger partial charge in [-0.15, -0.1) is 0 Å². The highest BCUT2D eigenvalue weighted by molar-refractivity contribution is 7.47. The van der Waals surface area contributed by atoms with Crippen LogP contribution in [0.5, 0.6) is 0 Å². The lowest BCUT2D eigenvalue weighted by molar-refractivity contribution is -0.123. The molecule has 0 aliphatic rings. The SMILES string of the molecule is CCC/C=C/CC/C=C/CC/C=C/C(O)C(COP(=O)(O)OCCN)NC(=O)CCCCCCCCCCCCC/C=C\C/C=C\CCCCCCC. The van der Waals surface area contributed by atoms with Crippen LogP contribution in [-0.2, 0) is 18.4 Å². The maximum atomic E-state index is 12.7. The molecular weight excluding hydrogens is 683 g/mol. The van der Waals surface area contributed by atoms with E-state index in [1.165, 1.54) is 103 Å². The van der Waals surface area contributed by atoms with E-state index in [0.717, 1.165) is 57.8 Å². The van der Waals surface area contributed by atoms with Crippen molar-refractivity contribution in [3.8, 4) is 0 Å². The molecule has 0 aromatic carbocycles. The van der Waals surface area contributed by atoms with E-state index in [1.54, 1.807) is 6.08 Å². The molecular formula is C44H81N2O6P. The molecule has 0 rings (SSSR count). The van der Waals surface area contributed by atoms with Gasteiger partial charge < -0.3 is 21.1 Å². The summed E-state index contributed by atoms with van der Waals surface area (Å²) in [6, 6.07) is -0.885. The number of aliphatic hydroxyl groups excluding tert-OH is 1. The maximum Gasteiger partial charge on any atom is 0.472 e. The monoisotopic (exact) mass is 765 g/mol. The number of nitrogens with one attached hydrogen (secondary N) is 1. The first-order valence-electron chi connectivity index (χ1n) is 21.4. The van der Waals surface area contributed by atoms with Crippen LogP contribution in [0.3, 0.4) is 0 Å². The number of hydrogen-bond donors (Lipinski definition) is 4. The third kappa shape index (κ3) is 38.3. The van der Waals surface area contributed by atoms with E-state index in [9.17, 15) is 19.4 Å². The van der Waals surface area contributed by atoms with E-state index in [0.29, 0.717) is 6.42 Å². The second-order valence-corrected chi connectivity index (χ2v) is 15.6. The molecule has 0 saturated carbocycles. The van der Waals surface area contributed by atoms with Gasteiger partial charge >= 0.3 is 7.82 Å². The predicted octanol–water partition coefficient (Wildman–Crippen LogP) is 11.9. The molecule has 1 amide bonds. The zero-order chi connectivity index (χ0) is 38.9. The number of aliphatic hydroxyl groups is 1. The van der Waals surface area contributed by atoms with Gasteiger partial charge in [-0.25, -0.2) is 4.57 Å². The Morgan fingerprint density at radius 1 is 0.623 bits per heavy atom. The zero-order valence-corrected chi connectivity index (χ0v) is 34.9. The molecule has 0 aliphatic carbocycles. The number of allylic oxidation sites excluding steroid dienone is 9. The number of nitrogens with two attached hydrogens (primary N) is 1. The summed E-state index contributed by atoms with van der Waals surface area (Å²) < 4.78 is 22.0. The predicted molar refractivity (Wildman–Crippen MR) is 226 cm³/mol. The Morgan fingerprint density at radius 3 is 1.62 bits per heavy atom. The fourth-order valence-corrected chi connectivity index (χ4v) is 6.55. The van der Waals surface area contributed by atoms with Crippen LogP contribution >= 0.6 is 7.82 Å². The van der Waals surface area contributed by atoms with Crippen molar-refractivity contribution in [2.24, 2.45) is 5.73 Å². The largest absolute Gasteiger partial charge is 0.472 e. The molecule has 308 valence electrons. The van der Waals surface area contributed by atoms with Gasteiger partial charge in [0, 0.05) is 13.0 Å². The van der Waals surface area contributed by atoms with Crippen molar-refractivity contribution in [1.82, 2.24) is 5.32 Å². The summed E-state index contributed by atoms with van der Waals surface area (Å²) in [5, 5.41) is 13.6. The van der Waals surface area contributed by atoms with E-state index in [-0.39, 0.29) is 25.7 Å². The first-order chi connectivity index (χ1) is 25.9. The fourth-order valence-electron chi connectivity index (χ4n) is 5.79. The summed E-state index contributed by atoms with van der Waals surface area (Å²) in [6.45, 7) is 4.00. The summed E-state index contributed by atoms with van der Waals surface area (Å²) in [7, 11) is -4.35. The number of amides is 1. The summed E-state index contributed by atoms with van der Waals surface area (Å²) in [5.74, 6) is -0.214. The lowest BCUT2D eigenvalue weighted by Crippen LogP contribution is -2.45. The van der Waals surface area contributed by atoms with Crippen LogP contribution in [0.1, 0.15) is 181 Å². The molecule has 0 spiro atoms. The van der Waals surface area contributed by atoms with Gasteiger partial charge in [0.25, 0.3) is 0 Å². The first-order valence-corrected chi connectivity index (χ1v) is 22.9. The minimum atomic E-state index is -4.35. The number of phosphoric ester groups is 1. The van der Waals surface area contributed by atoms with Gasteiger partial charge in [-0.2, -0.15) is 0 Å². The molecule has 8 nitrogen and oxygen atoms in total. The summed E-state index contributed by atoms with van der Waals surface area (Å²) in [5.41, 5.74) is 5.36. The van der Waals surface area contributed by atoms with Crippen molar-refractivity contribution < 1.29 is 28.4 Å². The van der Waals surface area contributed by atoms with E-state index in [4.69, 9.17) is 14.8 Å². The van der Waals surface area contributed by atoms with Crippen molar-refractivity contribution in [3.63, 3.8) is 0 Å². The minimum Gasteiger partial charge on any atom is -0.387 e. The van der Waals surface area contributed by atoms with Crippen LogP contribution in [0, 0.1) is 0 Å². The van der Waals surface area contributed by atoms with Crippen LogP contribution in [0.2, 0.25) is 0 Å². The third-order valence-corrected chi connectivity index (χ3v) is 10.0. The van der Waals surface area contributed by atoms with Crippen LogP contribution in [0.15, 0.2) is 60.8 Å². The van der Waals surface area contributed by atoms with Crippen molar-refractivity contribution >= 4 is 13.7 Å². The fraction of sp³-hybridized carbons (Fsp3) is 0.750. The second kappa shape index (κ2) is 39.9. The summed E-state index contributed by atoms with van der Waals surface area (Å²) in [4.78, 5) is 22.6. The Labute approximate surface area is 325 Å². The normalized spacial score (nSPS) is 14.7. The molecule has 0 radical (unpaired) electrons. The minimum absolute atomic E-state index is 0.0692. The molecule has 0 fully saturated rings. The van der Waals surface area contributed by atoms with E-state index < -0.39 is 20.0 Å². The van der Waals surface area contributed by atoms with E-state index >= 15 is 0 Å². The Kier molecular flexibility index (Phi) is 38.5. The van der Waals surface area contributed by atoms with Gasteiger partial charge in [0.15, 0.2) is 0 Å². The second-order valence-electron chi connectivity index (χ2n) is 14.2. The van der Waals surface area contributed by atoms with E-state index in [2.05, 4.69) is 67.8 Å². The van der Waals surface area contributed by atoms with Crippen molar-refractivity contribution in [1.29, 1.82) is 0 Å². The van der Waals surface area contributed by atoms with Gasteiger partial charge in [-0.05, 0) is 70.6 Å². The standard InChI is InChI=1S/C44H81N2O6P/c1-3-5-7-9-11-13-15-16-17-18-19-20-21-22-23-24-25-26-28-30-32-34-36-38-44(48)46-42(41-52-53(49,50)51-40-39-45)43(47)37-35-33-31-29-27-14-12-10-8-6-4-2/h8,10,15-16,18-19,27,29,35,37,42-43,47H,3-7,9,11-14,17,20-26,28,30-34,36,38-41,45H2,1-2H3,(H,46,48)(H,49,50)/b10-8+,16-15-,19-18-,29-27+,37-35+. The lowest BCUT2D eigenvalue weighted by Gasteiger charge is -2.23. The zero-order valence-electron chi connectivity index (χ0n) is 34.0. The lowest BCUT2D eigenvalue weighted by atomic mass is 10.0. The molecule has 0 bridgehead atoms. The molecule has 0 aromatic heterocycles. The van der Waals surface area contributed by atoms with Crippen LogP contribution < -0.4 is 11.1 Å². The van der Waals surface area contributed by atoms with Gasteiger partial charge in [0.05, 0.1) is 25.4 Å².